The van der Waals surface area contributed by atoms with Crippen molar-refractivity contribution in [1.82, 2.24) is 0 Å². The maximum atomic E-state index is 9.12. The molecule has 0 bridgehead atoms. The van der Waals surface area contributed by atoms with E-state index < -0.39 is 37.3 Å². The zero-order chi connectivity index (χ0) is 9.30. The molecule has 5 N–H and O–H groups in total. The highest BCUT2D eigenvalue weighted by atomic mass is 16.6. The van der Waals surface area contributed by atoms with Crippen LogP contribution in [0.3, 0.4) is 0 Å². The molecule has 0 spiro atoms. The fourth-order valence-corrected chi connectivity index (χ4v) is 1.08. The molecule has 0 aliphatic carbocycles. The van der Waals surface area contributed by atoms with Crippen molar-refractivity contribution in [3.8, 4) is 0 Å². The second-order valence-corrected chi connectivity index (χ2v) is 2.72. The average Bonchev–Trinajstić information content (AvgIpc) is 2.08. The van der Waals surface area contributed by atoms with Crippen molar-refractivity contribution in [3.63, 3.8) is 0 Å². The summed E-state index contributed by atoms with van der Waals surface area (Å²) in [6, 6.07) is 0. The van der Waals surface area contributed by atoms with Gasteiger partial charge in [-0.2, -0.15) is 0 Å². The van der Waals surface area contributed by atoms with E-state index >= 15 is 0 Å². The molecule has 6 nitrogen and oxygen atoms in total. The first kappa shape index (κ1) is 9.85. The third kappa shape index (κ3) is 1.58. The Hall–Kier alpha value is -0.240. The number of hydrogen-bond acceptors (Lipinski definition) is 6. The summed E-state index contributed by atoms with van der Waals surface area (Å²) in [7, 11) is 0. The number of rotatable bonds is 1. The third-order valence-corrected chi connectivity index (χ3v) is 1.87. The zero-order valence-electron chi connectivity index (χ0n) is 6.24. The summed E-state index contributed by atoms with van der Waals surface area (Å²) in [6.07, 6.45) is -7.04. The second-order valence-electron chi connectivity index (χ2n) is 2.72. The van der Waals surface area contributed by atoms with Crippen LogP contribution in [0.1, 0.15) is 0 Å². The SMILES string of the molecule is O[13CH2][C@H]1O[C@@H](O)[C@H](O)[C@@H](O)[C@@H]1O. The molecule has 1 rings (SSSR count). The summed E-state index contributed by atoms with van der Waals surface area (Å²) in [5.74, 6) is 0. The first-order valence-electron chi connectivity index (χ1n) is 3.56. The highest BCUT2D eigenvalue weighted by molar-refractivity contribution is 4.87. The van der Waals surface area contributed by atoms with Crippen LogP contribution in [-0.2, 0) is 4.74 Å². The van der Waals surface area contributed by atoms with Gasteiger partial charge in [0.05, 0.1) is 6.61 Å². The third-order valence-electron chi connectivity index (χ3n) is 1.87. The van der Waals surface area contributed by atoms with Gasteiger partial charge in [0.2, 0.25) is 0 Å². The van der Waals surface area contributed by atoms with Crippen LogP contribution in [-0.4, -0.2) is 62.8 Å². The Kier molecular flexibility index (Phi) is 2.99. The van der Waals surface area contributed by atoms with Crippen LogP contribution in [0.5, 0.6) is 0 Å². The lowest BCUT2D eigenvalue weighted by molar-refractivity contribution is -0.286. The highest BCUT2D eigenvalue weighted by Crippen LogP contribution is 2.18. The summed E-state index contributed by atoms with van der Waals surface area (Å²) >= 11 is 0. The Morgan fingerprint density at radius 3 is 2.00 bits per heavy atom. The van der Waals surface area contributed by atoms with Gasteiger partial charge in [0, 0.05) is 0 Å². The molecule has 5 atom stereocenters. The van der Waals surface area contributed by atoms with Gasteiger partial charge < -0.3 is 30.3 Å². The lowest BCUT2D eigenvalue weighted by atomic mass is 10.0. The highest BCUT2D eigenvalue weighted by Gasteiger charge is 2.42. The van der Waals surface area contributed by atoms with Gasteiger partial charge in [0.15, 0.2) is 6.29 Å². The van der Waals surface area contributed by atoms with Gasteiger partial charge in [-0.1, -0.05) is 0 Å². The maximum Gasteiger partial charge on any atom is 0.184 e. The minimum absolute atomic E-state index is 0.526. The van der Waals surface area contributed by atoms with Crippen LogP contribution in [0.2, 0.25) is 0 Å². The number of aliphatic hydroxyl groups excluding tert-OH is 5. The Bertz CT molecular complexity index is 146. The molecule has 1 heterocycles. The lowest BCUT2D eigenvalue weighted by Gasteiger charge is -2.37. The van der Waals surface area contributed by atoms with Gasteiger partial charge in [-0.05, 0) is 0 Å². The molecular weight excluding hydrogens is 169 g/mol. The smallest absolute Gasteiger partial charge is 0.184 e. The largest absolute Gasteiger partial charge is 0.394 e. The van der Waals surface area contributed by atoms with E-state index in [9.17, 15) is 0 Å². The molecule has 0 aromatic heterocycles. The second kappa shape index (κ2) is 3.65. The van der Waals surface area contributed by atoms with E-state index in [2.05, 4.69) is 4.74 Å². The van der Waals surface area contributed by atoms with E-state index in [1.54, 1.807) is 0 Å². The Balaban J connectivity index is 2.63. The fourth-order valence-electron chi connectivity index (χ4n) is 1.08. The zero-order valence-corrected chi connectivity index (χ0v) is 6.24. The summed E-state index contributed by atoms with van der Waals surface area (Å²) < 4.78 is 4.58. The first-order valence-corrected chi connectivity index (χ1v) is 3.56. The van der Waals surface area contributed by atoms with E-state index in [4.69, 9.17) is 25.5 Å². The summed E-state index contributed by atoms with van der Waals surface area (Å²) in [5, 5.41) is 44.7. The van der Waals surface area contributed by atoms with Gasteiger partial charge in [-0.15, -0.1) is 0 Å². The summed E-state index contributed by atoms with van der Waals surface area (Å²) in [6.45, 7) is -0.526. The molecular formula is C6H12O6. The van der Waals surface area contributed by atoms with E-state index in [0.29, 0.717) is 0 Å². The first-order chi connectivity index (χ1) is 5.57. The van der Waals surface area contributed by atoms with Gasteiger partial charge in [-0.3, -0.25) is 0 Å². The van der Waals surface area contributed by atoms with Crippen molar-refractivity contribution in [2.45, 2.75) is 30.7 Å². The predicted octanol–water partition coefficient (Wildman–Crippen LogP) is -3.22. The van der Waals surface area contributed by atoms with E-state index in [1.165, 1.54) is 0 Å². The van der Waals surface area contributed by atoms with Crippen molar-refractivity contribution in [2.75, 3.05) is 6.61 Å². The topological polar surface area (TPSA) is 110 Å². The number of hydrogen-bond donors (Lipinski definition) is 5. The monoisotopic (exact) mass is 181 g/mol. The molecule has 0 radical (unpaired) electrons. The van der Waals surface area contributed by atoms with Crippen LogP contribution in [0.15, 0.2) is 0 Å². The van der Waals surface area contributed by atoms with Crippen LogP contribution in [0, 0.1) is 0 Å². The molecule has 0 aromatic rings. The fraction of sp³-hybridized carbons (Fsp3) is 1.00. The van der Waals surface area contributed by atoms with E-state index in [0.717, 1.165) is 0 Å². The molecule has 1 saturated heterocycles. The van der Waals surface area contributed by atoms with Crippen LogP contribution in [0.4, 0.5) is 0 Å². The van der Waals surface area contributed by atoms with Crippen molar-refractivity contribution < 1.29 is 30.3 Å². The average molecular weight is 181 g/mol. The normalized spacial score (nSPS) is 49.2. The van der Waals surface area contributed by atoms with Gasteiger partial charge >= 0.3 is 0 Å². The quantitative estimate of drug-likeness (QED) is 0.272. The van der Waals surface area contributed by atoms with Crippen molar-refractivity contribution in [2.24, 2.45) is 0 Å². The number of ether oxygens (including phenoxy) is 1. The summed E-state index contributed by atoms with van der Waals surface area (Å²) in [5.41, 5.74) is 0. The van der Waals surface area contributed by atoms with Crippen LogP contribution in [0.25, 0.3) is 0 Å². The van der Waals surface area contributed by atoms with Crippen molar-refractivity contribution >= 4 is 0 Å². The molecule has 0 aromatic carbocycles. The van der Waals surface area contributed by atoms with Crippen molar-refractivity contribution in [3.05, 3.63) is 0 Å². The van der Waals surface area contributed by atoms with E-state index in [1.807, 2.05) is 0 Å². The Labute approximate surface area is 68.6 Å². The molecule has 1 aliphatic heterocycles. The van der Waals surface area contributed by atoms with Crippen molar-refractivity contribution in [1.29, 1.82) is 0 Å². The molecule has 6 heteroatoms. The Morgan fingerprint density at radius 1 is 0.917 bits per heavy atom. The van der Waals surface area contributed by atoms with Crippen LogP contribution < -0.4 is 0 Å². The molecule has 0 amide bonds. The van der Waals surface area contributed by atoms with Gasteiger partial charge in [-0.25, -0.2) is 0 Å². The standard InChI is InChI=1S/C6H12O6/c7-1-2-3(8)4(9)5(10)6(11)12-2/h2-11H,1H2/t2-,3-,4+,5-,6-/m1/s1/i1+1. The molecule has 0 saturated carbocycles. The minimum atomic E-state index is -1.57. The van der Waals surface area contributed by atoms with Crippen LogP contribution >= 0.6 is 0 Å². The van der Waals surface area contributed by atoms with Gasteiger partial charge in [0.25, 0.3) is 0 Å². The molecule has 1 fully saturated rings. The minimum Gasteiger partial charge on any atom is -0.394 e. The molecule has 0 unspecified atom stereocenters. The molecule has 72 valence electrons. The maximum absolute atomic E-state index is 9.12. The lowest BCUT2D eigenvalue weighted by Crippen LogP contribution is -2.58. The summed E-state index contributed by atoms with van der Waals surface area (Å²) in [4.78, 5) is 0. The van der Waals surface area contributed by atoms with Gasteiger partial charge in [0.1, 0.15) is 24.4 Å². The van der Waals surface area contributed by atoms with E-state index in [-0.39, 0.29) is 0 Å². The number of aliphatic hydroxyl groups is 5. The predicted molar refractivity (Wildman–Crippen MR) is 36.0 cm³/mol. The molecule has 12 heavy (non-hydrogen) atoms. The molecule has 1 aliphatic rings. The Morgan fingerprint density at radius 2 is 1.50 bits per heavy atom.